The summed E-state index contributed by atoms with van der Waals surface area (Å²) >= 11 is 0. The van der Waals surface area contributed by atoms with Crippen molar-refractivity contribution in [1.29, 1.82) is 0 Å². The first-order valence-corrected chi connectivity index (χ1v) is 21.6. The molecule has 0 amide bonds. The predicted molar refractivity (Wildman–Crippen MR) is 228 cm³/mol. The van der Waals surface area contributed by atoms with Crippen LogP contribution in [0.3, 0.4) is 0 Å². The maximum atomic E-state index is 2.69. The first-order chi connectivity index (χ1) is 27.2. The Morgan fingerprint density at radius 2 is 1.13 bits per heavy atom. The Morgan fingerprint density at radius 3 is 1.96 bits per heavy atom. The Hall–Kier alpha value is -4.88. The highest BCUT2D eigenvalue weighted by molar-refractivity contribution is 5.86. The van der Waals surface area contributed by atoms with Crippen LogP contribution >= 0.6 is 0 Å². The van der Waals surface area contributed by atoms with E-state index < -0.39 is 0 Å². The summed E-state index contributed by atoms with van der Waals surface area (Å²) in [5.74, 6) is 3.31. The molecule has 0 saturated heterocycles. The molecule has 6 aromatic carbocycles. The van der Waals surface area contributed by atoms with E-state index in [0.717, 1.165) is 30.2 Å². The quantitative estimate of drug-likeness (QED) is 0.172. The van der Waals surface area contributed by atoms with Gasteiger partial charge >= 0.3 is 0 Å². The van der Waals surface area contributed by atoms with E-state index in [0.29, 0.717) is 0 Å². The summed E-state index contributed by atoms with van der Waals surface area (Å²) in [4.78, 5) is 2.69. The molecule has 5 unspecified atom stereocenters. The Labute approximate surface area is 327 Å². The van der Waals surface area contributed by atoms with Crippen molar-refractivity contribution in [2.75, 3.05) is 4.90 Å². The number of nitrogens with zero attached hydrogens (tertiary/aromatic N) is 1. The van der Waals surface area contributed by atoms with Gasteiger partial charge in [0, 0.05) is 28.7 Å². The monoisotopic (exact) mass is 713 g/mol. The number of rotatable bonds is 5. The molecule has 272 valence electrons. The Bertz CT molecular complexity index is 2420. The van der Waals surface area contributed by atoms with Crippen LogP contribution in [0.25, 0.3) is 33.4 Å². The second kappa shape index (κ2) is 12.3. The molecule has 4 bridgehead atoms. The molecule has 1 nitrogen and oxygen atoms in total. The fourth-order valence-electron chi connectivity index (χ4n) is 13.8. The van der Waals surface area contributed by atoms with Gasteiger partial charge in [-0.05, 0) is 154 Å². The second-order valence-electron chi connectivity index (χ2n) is 18.3. The number of benzene rings is 6. The van der Waals surface area contributed by atoms with E-state index in [1.807, 2.05) is 0 Å². The summed E-state index contributed by atoms with van der Waals surface area (Å²) in [6.07, 6.45) is 15.0. The highest BCUT2D eigenvalue weighted by Crippen LogP contribution is 2.68. The molecule has 55 heavy (non-hydrogen) atoms. The van der Waals surface area contributed by atoms with Crippen LogP contribution in [0.1, 0.15) is 98.4 Å². The normalized spacial score (nSPS) is 26.0. The molecule has 0 radical (unpaired) electrons. The summed E-state index contributed by atoms with van der Waals surface area (Å²) < 4.78 is 0. The number of hydrogen-bond acceptors (Lipinski definition) is 1. The molecule has 5 fully saturated rings. The molecule has 7 aliphatic carbocycles. The van der Waals surface area contributed by atoms with Crippen LogP contribution in [-0.4, -0.2) is 0 Å². The van der Waals surface area contributed by atoms with Gasteiger partial charge in [-0.3, -0.25) is 0 Å². The molecule has 6 aromatic rings. The van der Waals surface area contributed by atoms with Crippen LogP contribution in [0.2, 0.25) is 0 Å². The van der Waals surface area contributed by atoms with Gasteiger partial charge in [-0.15, -0.1) is 0 Å². The summed E-state index contributed by atoms with van der Waals surface area (Å²) in [6.45, 7) is 0.870. The SMILES string of the molecule is c1ccc(-c2ccc(N(Cc3cccc4c3C3(c5ccccc5-4)C4CCC5CC(C4)CC3C5)c3ccc4c(c3)C3(CCCCC3)c3ccccc3-4)cc2)cc1. The average Bonchev–Trinajstić information content (AvgIpc) is 3.58. The molecule has 1 heteroatoms. The zero-order valence-corrected chi connectivity index (χ0v) is 32.0. The van der Waals surface area contributed by atoms with E-state index in [2.05, 4.69) is 144 Å². The smallest absolute Gasteiger partial charge is 0.0485 e. The molecule has 0 aliphatic heterocycles. The van der Waals surface area contributed by atoms with Crippen molar-refractivity contribution in [3.05, 3.63) is 167 Å². The minimum atomic E-state index is 0.126. The summed E-state index contributed by atoms with van der Waals surface area (Å²) in [5.41, 5.74) is 19.4. The lowest BCUT2D eigenvalue weighted by atomic mass is 9.50. The topological polar surface area (TPSA) is 3.24 Å². The van der Waals surface area contributed by atoms with Gasteiger partial charge in [0.25, 0.3) is 0 Å². The maximum Gasteiger partial charge on any atom is 0.0485 e. The van der Waals surface area contributed by atoms with E-state index in [1.54, 1.807) is 22.3 Å². The summed E-state index contributed by atoms with van der Waals surface area (Å²) in [7, 11) is 0. The van der Waals surface area contributed by atoms with E-state index >= 15 is 0 Å². The van der Waals surface area contributed by atoms with Crippen LogP contribution in [-0.2, 0) is 17.4 Å². The maximum absolute atomic E-state index is 2.69. The number of fused-ring (bicyclic) bond motifs is 9. The Kier molecular flexibility index (Phi) is 7.25. The van der Waals surface area contributed by atoms with Gasteiger partial charge in [-0.2, -0.15) is 0 Å². The second-order valence-corrected chi connectivity index (χ2v) is 18.3. The first kappa shape index (κ1) is 32.4. The average molecular weight is 714 g/mol. The van der Waals surface area contributed by atoms with E-state index in [4.69, 9.17) is 0 Å². The van der Waals surface area contributed by atoms with Gasteiger partial charge in [0.15, 0.2) is 0 Å². The third-order valence-electron chi connectivity index (χ3n) is 15.8. The van der Waals surface area contributed by atoms with Crippen LogP contribution in [0.4, 0.5) is 11.4 Å². The van der Waals surface area contributed by atoms with E-state index in [1.165, 1.54) is 121 Å². The van der Waals surface area contributed by atoms with Crippen LogP contribution in [0.5, 0.6) is 0 Å². The molecule has 2 spiro atoms. The van der Waals surface area contributed by atoms with Gasteiger partial charge in [0.2, 0.25) is 0 Å². The van der Waals surface area contributed by atoms with Crippen LogP contribution < -0.4 is 4.90 Å². The van der Waals surface area contributed by atoms with Gasteiger partial charge in [-0.25, -0.2) is 0 Å². The molecule has 0 aromatic heterocycles. The minimum absolute atomic E-state index is 0.126. The van der Waals surface area contributed by atoms with Gasteiger partial charge < -0.3 is 4.90 Å². The van der Waals surface area contributed by atoms with Gasteiger partial charge in [-0.1, -0.05) is 141 Å². The lowest BCUT2D eigenvalue weighted by Crippen LogP contribution is -2.48. The molecular formula is C54H51N. The van der Waals surface area contributed by atoms with Gasteiger partial charge in [0.1, 0.15) is 0 Å². The zero-order chi connectivity index (χ0) is 36.1. The van der Waals surface area contributed by atoms with Crippen molar-refractivity contribution in [3.63, 3.8) is 0 Å². The largest absolute Gasteiger partial charge is 0.337 e. The predicted octanol–water partition coefficient (Wildman–Crippen LogP) is 14.0. The fraction of sp³-hybridized carbons (Fsp3) is 0.333. The highest BCUT2D eigenvalue weighted by atomic mass is 15.1. The van der Waals surface area contributed by atoms with Crippen molar-refractivity contribution in [1.82, 2.24) is 0 Å². The van der Waals surface area contributed by atoms with E-state index in [9.17, 15) is 0 Å². The van der Waals surface area contributed by atoms with Gasteiger partial charge in [0.05, 0.1) is 0 Å². The van der Waals surface area contributed by atoms with Crippen LogP contribution in [0.15, 0.2) is 140 Å². The zero-order valence-electron chi connectivity index (χ0n) is 32.0. The van der Waals surface area contributed by atoms with Crippen LogP contribution in [0, 0.1) is 23.7 Å². The number of hydrogen-bond donors (Lipinski definition) is 0. The third kappa shape index (κ3) is 4.65. The lowest BCUT2D eigenvalue weighted by molar-refractivity contribution is 0.0613. The molecule has 13 rings (SSSR count). The molecule has 0 heterocycles. The number of anilines is 2. The molecular weight excluding hydrogens is 663 g/mol. The highest BCUT2D eigenvalue weighted by Gasteiger charge is 2.60. The first-order valence-electron chi connectivity index (χ1n) is 21.6. The molecule has 5 saturated carbocycles. The fourth-order valence-corrected chi connectivity index (χ4v) is 13.8. The van der Waals surface area contributed by atoms with Crippen molar-refractivity contribution in [2.45, 2.75) is 88.0 Å². The lowest BCUT2D eigenvalue weighted by Gasteiger charge is -2.53. The van der Waals surface area contributed by atoms with Crippen molar-refractivity contribution >= 4 is 11.4 Å². The standard InChI is InChI=1S/C54H51N/c1-3-12-38(13-4-1)39-21-24-43(25-22-39)55(44-26-27-47-45-15-5-7-18-49(45)53(51(47)34-44)28-9-2-10-29-53)35-40-14-11-17-48-46-16-6-8-19-50(46)54(52(40)48)41-23-20-36-30-37(32-41)33-42(54)31-36/h1,3-8,11-19,21-22,24-27,34,36-37,41-42H,2,9-10,20,23,28-33,35H2. The minimum Gasteiger partial charge on any atom is -0.337 e. The van der Waals surface area contributed by atoms with Crippen molar-refractivity contribution in [2.24, 2.45) is 23.7 Å². The van der Waals surface area contributed by atoms with E-state index in [-0.39, 0.29) is 10.8 Å². The van der Waals surface area contributed by atoms with Crippen molar-refractivity contribution in [3.8, 4) is 33.4 Å². The summed E-state index contributed by atoms with van der Waals surface area (Å²) in [5, 5.41) is 0. The third-order valence-corrected chi connectivity index (χ3v) is 15.8. The molecule has 5 atom stereocenters. The Balaban J connectivity index is 1.04. The summed E-state index contributed by atoms with van der Waals surface area (Å²) in [6, 6.07) is 54.3. The Morgan fingerprint density at radius 1 is 0.473 bits per heavy atom. The van der Waals surface area contributed by atoms with Crippen molar-refractivity contribution < 1.29 is 0 Å². The molecule has 0 N–H and O–H groups in total. The molecule has 7 aliphatic rings.